The second-order valence-electron chi connectivity index (χ2n) is 4.67. The van der Waals surface area contributed by atoms with Crippen LogP contribution >= 0.6 is 22.9 Å². The van der Waals surface area contributed by atoms with Gasteiger partial charge >= 0.3 is 6.36 Å². The van der Waals surface area contributed by atoms with Crippen molar-refractivity contribution in [1.29, 1.82) is 0 Å². The molecular formula is C15H6ClF5N2OS. The van der Waals surface area contributed by atoms with Crippen molar-refractivity contribution in [3.63, 3.8) is 0 Å². The highest BCUT2D eigenvalue weighted by Gasteiger charge is 2.31. The number of halogens is 6. The Morgan fingerprint density at radius 3 is 2.44 bits per heavy atom. The number of benzene rings is 2. The zero-order valence-electron chi connectivity index (χ0n) is 11.9. The van der Waals surface area contributed by atoms with E-state index < -0.39 is 34.5 Å². The monoisotopic (exact) mass is 392 g/mol. The molecule has 0 aliphatic carbocycles. The number of hydrogen-bond acceptors (Lipinski definition) is 4. The summed E-state index contributed by atoms with van der Waals surface area (Å²) in [6, 6.07) is 6.77. The van der Waals surface area contributed by atoms with Crippen LogP contribution in [-0.4, -0.2) is 16.5 Å². The lowest BCUT2D eigenvalue weighted by Gasteiger charge is -2.07. The van der Waals surface area contributed by atoms with Crippen LogP contribution in [0.3, 0.4) is 0 Å². The van der Waals surface area contributed by atoms with E-state index in [4.69, 9.17) is 11.6 Å². The second kappa shape index (κ2) is 6.57. The molecule has 0 N–H and O–H groups in total. The van der Waals surface area contributed by atoms with Crippen LogP contribution in [-0.2, 0) is 0 Å². The van der Waals surface area contributed by atoms with Crippen LogP contribution in [0.25, 0.3) is 10.2 Å². The fourth-order valence-electron chi connectivity index (χ4n) is 1.97. The van der Waals surface area contributed by atoms with E-state index >= 15 is 0 Å². The van der Waals surface area contributed by atoms with E-state index in [1.807, 2.05) is 0 Å². The third kappa shape index (κ3) is 4.05. The molecule has 130 valence electrons. The molecule has 25 heavy (non-hydrogen) atoms. The Morgan fingerprint density at radius 2 is 1.80 bits per heavy atom. The minimum absolute atomic E-state index is 0.0341. The van der Waals surface area contributed by atoms with Gasteiger partial charge < -0.3 is 4.74 Å². The summed E-state index contributed by atoms with van der Waals surface area (Å²) >= 11 is 6.76. The van der Waals surface area contributed by atoms with Crippen molar-refractivity contribution in [1.82, 2.24) is 4.98 Å². The number of aromatic nitrogens is 1. The summed E-state index contributed by atoms with van der Waals surface area (Å²) in [7, 11) is 0. The Balaban J connectivity index is 1.96. The normalized spacial score (nSPS) is 12.6. The quantitative estimate of drug-likeness (QED) is 0.417. The van der Waals surface area contributed by atoms with Gasteiger partial charge in [-0.2, -0.15) is 0 Å². The van der Waals surface area contributed by atoms with Crippen LogP contribution in [0, 0.1) is 11.6 Å². The summed E-state index contributed by atoms with van der Waals surface area (Å²) in [5, 5.41) is -0.423. The topological polar surface area (TPSA) is 34.5 Å². The van der Waals surface area contributed by atoms with Gasteiger partial charge in [0.25, 0.3) is 0 Å². The minimum atomic E-state index is -4.81. The van der Waals surface area contributed by atoms with Gasteiger partial charge in [0, 0.05) is 6.07 Å². The van der Waals surface area contributed by atoms with E-state index in [-0.39, 0.29) is 5.13 Å². The molecular weight excluding hydrogens is 387 g/mol. The molecule has 3 aromatic rings. The van der Waals surface area contributed by atoms with Crippen LogP contribution in [0.15, 0.2) is 41.4 Å². The lowest BCUT2D eigenvalue weighted by atomic mass is 10.2. The molecule has 0 amide bonds. The van der Waals surface area contributed by atoms with Crippen LogP contribution in [0.1, 0.15) is 5.56 Å². The fraction of sp³-hybridized carbons (Fsp3) is 0.0667. The predicted octanol–water partition coefficient (Wildman–Crippen LogP) is 5.79. The predicted molar refractivity (Wildman–Crippen MR) is 84.7 cm³/mol. The third-order valence-corrected chi connectivity index (χ3v) is 4.13. The van der Waals surface area contributed by atoms with E-state index in [0.717, 1.165) is 35.6 Å². The summed E-state index contributed by atoms with van der Waals surface area (Å²) in [5.74, 6) is -2.20. The van der Waals surface area contributed by atoms with Crippen LogP contribution in [0.2, 0.25) is 0 Å². The van der Waals surface area contributed by atoms with Crippen LogP contribution < -0.4 is 4.74 Å². The Bertz CT molecular complexity index is 950. The summed E-state index contributed by atoms with van der Waals surface area (Å²) in [6.07, 6.45) is -4.81. The molecule has 0 aliphatic heterocycles. The van der Waals surface area contributed by atoms with Crippen molar-refractivity contribution < 1.29 is 26.7 Å². The average molecular weight is 393 g/mol. The minimum Gasteiger partial charge on any atom is -0.406 e. The van der Waals surface area contributed by atoms with Crippen molar-refractivity contribution in [2.24, 2.45) is 4.99 Å². The van der Waals surface area contributed by atoms with Gasteiger partial charge in [0.05, 0.1) is 15.8 Å². The van der Waals surface area contributed by atoms with Crippen molar-refractivity contribution >= 4 is 43.5 Å². The molecule has 0 bridgehead atoms. The smallest absolute Gasteiger partial charge is 0.406 e. The molecule has 3 rings (SSSR count). The Kier molecular flexibility index (Phi) is 4.61. The zero-order valence-corrected chi connectivity index (χ0v) is 13.5. The van der Waals surface area contributed by atoms with Gasteiger partial charge in [-0.3, -0.25) is 0 Å². The number of aliphatic imine (C=N–C) groups is 1. The van der Waals surface area contributed by atoms with E-state index in [9.17, 15) is 22.0 Å². The third-order valence-electron chi connectivity index (χ3n) is 2.95. The molecule has 3 nitrogen and oxygen atoms in total. The molecule has 2 aromatic carbocycles. The van der Waals surface area contributed by atoms with E-state index in [1.54, 1.807) is 0 Å². The van der Waals surface area contributed by atoms with Crippen molar-refractivity contribution in [2.75, 3.05) is 0 Å². The first-order valence-electron chi connectivity index (χ1n) is 6.58. The molecule has 0 aliphatic rings. The fourth-order valence-corrected chi connectivity index (χ4v) is 3.15. The summed E-state index contributed by atoms with van der Waals surface area (Å²) < 4.78 is 68.2. The number of hydrogen-bond donors (Lipinski definition) is 0. The molecule has 0 radical (unpaired) electrons. The second-order valence-corrected chi connectivity index (χ2v) is 6.04. The lowest BCUT2D eigenvalue weighted by molar-refractivity contribution is -0.274. The zero-order chi connectivity index (χ0) is 18.2. The number of nitrogens with zero attached hydrogens (tertiary/aromatic N) is 2. The van der Waals surface area contributed by atoms with Crippen molar-refractivity contribution in [3.05, 3.63) is 53.6 Å². The van der Waals surface area contributed by atoms with Gasteiger partial charge in [-0.15, -0.1) is 13.2 Å². The Hall–Kier alpha value is -2.26. The Labute approximate surface area is 146 Å². The molecule has 0 spiro atoms. The maximum Gasteiger partial charge on any atom is 0.573 e. The van der Waals surface area contributed by atoms with Crippen molar-refractivity contribution in [3.8, 4) is 5.75 Å². The first-order chi connectivity index (χ1) is 11.7. The van der Waals surface area contributed by atoms with Gasteiger partial charge in [-0.1, -0.05) is 29.0 Å². The molecule has 0 saturated carbocycles. The van der Waals surface area contributed by atoms with Crippen molar-refractivity contribution in [2.45, 2.75) is 6.36 Å². The van der Waals surface area contributed by atoms with Crippen LogP contribution in [0.4, 0.5) is 27.1 Å². The molecule has 1 heterocycles. The first kappa shape index (κ1) is 17.6. The summed E-state index contributed by atoms with van der Waals surface area (Å²) in [6.45, 7) is 0. The van der Waals surface area contributed by atoms with Gasteiger partial charge in [-0.25, -0.2) is 18.8 Å². The highest BCUT2D eigenvalue weighted by molar-refractivity contribution is 7.22. The molecule has 10 heteroatoms. The largest absolute Gasteiger partial charge is 0.573 e. The van der Waals surface area contributed by atoms with E-state index in [1.165, 1.54) is 12.1 Å². The molecule has 0 unspecified atom stereocenters. The number of ether oxygens (including phenoxy) is 1. The SMILES string of the molecule is Fc1cccc(F)c1C(Cl)=Nc1nc2ccc(OC(F)(F)F)cc2s1. The van der Waals surface area contributed by atoms with Gasteiger partial charge in [0.15, 0.2) is 0 Å². The average Bonchev–Trinajstić information content (AvgIpc) is 2.86. The number of thiazole rings is 1. The summed E-state index contributed by atoms with van der Waals surface area (Å²) in [5.41, 5.74) is -0.165. The number of rotatable bonds is 3. The highest BCUT2D eigenvalue weighted by Crippen LogP contribution is 2.33. The summed E-state index contributed by atoms with van der Waals surface area (Å²) in [4.78, 5) is 7.88. The lowest BCUT2D eigenvalue weighted by Crippen LogP contribution is -2.16. The molecule has 1 aromatic heterocycles. The van der Waals surface area contributed by atoms with Gasteiger partial charge in [0.1, 0.15) is 22.6 Å². The maximum absolute atomic E-state index is 13.7. The van der Waals surface area contributed by atoms with Gasteiger partial charge in [0.2, 0.25) is 5.13 Å². The van der Waals surface area contributed by atoms with E-state index in [2.05, 4.69) is 14.7 Å². The maximum atomic E-state index is 13.7. The van der Waals surface area contributed by atoms with E-state index in [0.29, 0.717) is 10.2 Å². The molecule has 0 saturated heterocycles. The van der Waals surface area contributed by atoms with Gasteiger partial charge in [-0.05, 0) is 24.3 Å². The molecule has 0 atom stereocenters. The first-order valence-corrected chi connectivity index (χ1v) is 7.77. The number of alkyl halides is 3. The standard InChI is InChI=1S/C15H6ClF5N2OS/c16-13(12-8(17)2-1-3-9(12)18)23-14-22-10-5-4-7(6-11(10)25-14)24-15(19,20)21/h1-6H. The highest BCUT2D eigenvalue weighted by atomic mass is 35.5. The number of fused-ring (bicyclic) bond motifs is 1. The Morgan fingerprint density at radius 1 is 1.12 bits per heavy atom. The van der Waals surface area contributed by atoms with Crippen LogP contribution in [0.5, 0.6) is 5.75 Å². The molecule has 0 fully saturated rings.